The number of carbonyl (C=O) groups is 1. The lowest BCUT2D eigenvalue weighted by atomic mass is 10.1. The third-order valence-electron chi connectivity index (χ3n) is 2.08. The van der Waals surface area contributed by atoms with Gasteiger partial charge in [0.15, 0.2) is 0 Å². The van der Waals surface area contributed by atoms with E-state index in [1.165, 1.54) is 0 Å². The molecule has 0 aliphatic rings. The van der Waals surface area contributed by atoms with E-state index in [1.807, 2.05) is 31.2 Å². The number of likely N-dealkylation sites (N-methyl/N-ethyl adjacent to an activating group) is 1. The van der Waals surface area contributed by atoms with Crippen molar-refractivity contribution < 1.29 is 4.79 Å². The molecule has 0 saturated heterocycles. The molecule has 0 spiro atoms. The smallest absolute Gasteiger partial charge is 0.234 e. The molecule has 0 unspecified atom stereocenters. The molecule has 0 aliphatic heterocycles. The monoisotopic (exact) mass is 226 g/mol. The number of hydrogen-bond donors (Lipinski definition) is 2. The summed E-state index contributed by atoms with van der Waals surface area (Å²) in [6.45, 7) is 2.27. The highest BCUT2D eigenvalue weighted by molar-refractivity contribution is 6.30. The van der Waals surface area contributed by atoms with Crippen molar-refractivity contribution in [2.24, 2.45) is 0 Å². The summed E-state index contributed by atoms with van der Waals surface area (Å²) in [7, 11) is 1.74. The molecule has 0 aliphatic carbocycles. The van der Waals surface area contributed by atoms with E-state index in [2.05, 4.69) is 10.6 Å². The second-order valence-corrected chi connectivity index (χ2v) is 3.81. The highest BCUT2D eigenvalue weighted by Gasteiger charge is 2.07. The molecular weight excluding hydrogens is 212 g/mol. The first-order valence-electron chi connectivity index (χ1n) is 4.83. The molecule has 1 aromatic rings. The normalized spacial score (nSPS) is 12.2. The number of nitrogens with one attached hydrogen (secondary N) is 2. The zero-order valence-corrected chi connectivity index (χ0v) is 9.64. The lowest BCUT2D eigenvalue weighted by Gasteiger charge is -2.14. The van der Waals surface area contributed by atoms with Crippen LogP contribution in [-0.2, 0) is 4.79 Å². The highest BCUT2D eigenvalue weighted by Crippen LogP contribution is 2.15. The Hall–Kier alpha value is -1.06. The van der Waals surface area contributed by atoms with Crippen LogP contribution in [0.1, 0.15) is 18.5 Å². The average molecular weight is 227 g/mol. The van der Waals surface area contributed by atoms with Gasteiger partial charge in [0.2, 0.25) is 5.91 Å². The van der Waals surface area contributed by atoms with E-state index in [1.54, 1.807) is 7.05 Å². The quantitative estimate of drug-likeness (QED) is 0.821. The van der Waals surface area contributed by atoms with Crippen molar-refractivity contribution in [2.45, 2.75) is 13.0 Å². The molecule has 0 heterocycles. The van der Waals surface area contributed by atoms with Crippen LogP contribution < -0.4 is 10.6 Å². The molecule has 15 heavy (non-hydrogen) atoms. The largest absolute Gasteiger partial charge is 0.348 e. The predicted octanol–water partition coefficient (Wildman–Crippen LogP) is 1.74. The minimum Gasteiger partial charge on any atom is -0.348 e. The van der Waals surface area contributed by atoms with Gasteiger partial charge in [-0.3, -0.25) is 4.79 Å². The molecule has 2 N–H and O–H groups in total. The van der Waals surface area contributed by atoms with Crippen LogP contribution >= 0.6 is 11.6 Å². The molecule has 1 atom stereocenters. The summed E-state index contributed by atoms with van der Waals surface area (Å²) in [4.78, 5) is 11.3. The van der Waals surface area contributed by atoms with Gasteiger partial charge in [-0.2, -0.15) is 0 Å². The van der Waals surface area contributed by atoms with Crippen molar-refractivity contribution >= 4 is 17.5 Å². The fourth-order valence-electron chi connectivity index (χ4n) is 1.29. The maximum atomic E-state index is 11.3. The molecule has 1 aromatic carbocycles. The minimum absolute atomic E-state index is 0.00289. The van der Waals surface area contributed by atoms with Gasteiger partial charge in [0.25, 0.3) is 0 Å². The lowest BCUT2D eigenvalue weighted by molar-refractivity contribution is -0.120. The topological polar surface area (TPSA) is 41.1 Å². The highest BCUT2D eigenvalue weighted by atomic mass is 35.5. The number of amides is 1. The lowest BCUT2D eigenvalue weighted by Crippen LogP contribution is -2.33. The third kappa shape index (κ3) is 3.90. The van der Waals surface area contributed by atoms with Gasteiger partial charge in [0, 0.05) is 5.02 Å². The van der Waals surface area contributed by atoms with Crippen molar-refractivity contribution in [3.05, 3.63) is 34.9 Å². The maximum absolute atomic E-state index is 11.3. The molecule has 0 aromatic heterocycles. The third-order valence-corrected chi connectivity index (χ3v) is 2.34. The van der Waals surface area contributed by atoms with Crippen LogP contribution in [0.5, 0.6) is 0 Å². The molecule has 1 amide bonds. The molecule has 3 nitrogen and oxygen atoms in total. The molecular formula is C11H15ClN2O. The van der Waals surface area contributed by atoms with Crippen molar-refractivity contribution in [3.63, 3.8) is 0 Å². The average Bonchev–Trinajstić information content (AvgIpc) is 2.18. The standard InChI is InChI=1S/C11H15ClN2O/c1-8(14-11(15)7-13-2)9-3-5-10(12)6-4-9/h3-6,8,13H,7H2,1-2H3,(H,14,15)/t8-/m0/s1. The van der Waals surface area contributed by atoms with Gasteiger partial charge in [0.05, 0.1) is 12.6 Å². The zero-order valence-electron chi connectivity index (χ0n) is 8.88. The molecule has 1 rings (SSSR count). The molecule has 82 valence electrons. The first-order valence-corrected chi connectivity index (χ1v) is 5.20. The molecule has 0 saturated carbocycles. The van der Waals surface area contributed by atoms with Gasteiger partial charge in [-0.25, -0.2) is 0 Å². The number of rotatable bonds is 4. The Morgan fingerprint density at radius 3 is 2.53 bits per heavy atom. The van der Waals surface area contributed by atoms with Gasteiger partial charge in [-0.1, -0.05) is 23.7 Å². The van der Waals surface area contributed by atoms with Crippen molar-refractivity contribution in [1.29, 1.82) is 0 Å². The minimum atomic E-state index is -0.0139. The Morgan fingerprint density at radius 2 is 2.00 bits per heavy atom. The maximum Gasteiger partial charge on any atom is 0.234 e. The van der Waals surface area contributed by atoms with Crippen LogP contribution in [0, 0.1) is 0 Å². The van der Waals surface area contributed by atoms with E-state index in [4.69, 9.17) is 11.6 Å². The summed E-state index contributed by atoms with van der Waals surface area (Å²) in [6.07, 6.45) is 0. The van der Waals surface area contributed by atoms with Gasteiger partial charge < -0.3 is 10.6 Å². The Balaban J connectivity index is 2.57. The Morgan fingerprint density at radius 1 is 1.40 bits per heavy atom. The van der Waals surface area contributed by atoms with Crippen LogP contribution in [-0.4, -0.2) is 19.5 Å². The van der Waals surface area contributed by atoms with E-state index in [9.17, 15) is 4.79 Å². The molecule has 0 bridgehead atoms. The number of hydrogen-bond acceptors (Lipinski definition) is 2. The van der Waals surface area contributed by atoms with Crippen molar-refractivity contribution in [1.82, 2.24) is 10.6 Å². The molecule has 4 heteroatoms. The van der Waals surface area contributed by atoms with Gasteiger partial charge in [-0.05, 0) is 31.7 Å². The van der Waals surface area contributed by atoms with Crippen LogP contribution in [0.15, 0.2) is 24.3 Å². The Kier molecular flexibility index (Phi) is 4.59. The Bertz CT molecular complexity index is 324. The fourth-order valence-corrected chi connectivity index (χ4v) is 1.41. The summed E-state index contributed by atoms with van der Waals surface area (Å²) in [5.41, 5.74) is 1.05. The van der Waals surface area contributed by atoms with E-state index >= 15 is 0 Å². The van der Waals surface area contributed by atoms with E-state index in [0.29, 0.717) is 11.6 Å². The molecule has 0 fully saturated rings. The summed E-state index contributed by atoms with van der Waals surface area (Å²) >= 11 is 5.77. The SMILES string of the molecule is CNCC(=O)N[C@@H](C)c1ccc(Cl)cc1. The summed E-state index contributed by atoms with van der Waals surface area (Å²) in [5.74, 6) is -0.0139. The predicted molar refractivity (Wildman–Crippen MR) is 61.9 cm³/mol. The fraction of sp³-hybridized carbons (Fsp3) is 0.364. The number of halogens is 1. The first kappa shape index (κ1) is 12.0. The summed E-state index contributed by atoms with van der Waals surface area (Å²) < 4.78 is 0. The molecule has 0 radical (unpaired) electrons. The Labute approximate surface area is 94.8 Å². The van der Waals surface area contributed by atoms with Crippen LogP contribution in [0.4, 0.5) is 0 Å². The van der Waals surface area contributed by atoms with Crippen LogP contribution in [0.3, 0.4) is 0 Å². The number of benzene rings is 1. The van der Waals surface area contributed by atoms with Gasteiger partial charge >= 0.3 is 0 Å². The van der Waals surface area contributed by atoms with Crippen molar-refractivity contribution in [2.75, 3.05) is 13.6 Å². The van der Waals surface area contributed by atoms with Gasteiger partial charge in [-0.15, -0.1) is 0 Å². The summed E-state index contributed by atoms with van der Waals surface area (Å²) in [5, 5.41) is 6.37. The van der Waals surface area contributed by atoms with Crippen LogP contribution in [0.2, 0.25) is 5.02 Å². The van der Waals surface area contributed by atoms with E-state index in [0.717, 1.165) is 5.56 Å². The zero-order chi connectivity index (χ0) is 11.3. The van der Waals surface area contributed by atoms with Crippen LogP contribution in [0.25, 0.3) is 0 Å². The summed E-state index contributed by atoms with van der Waals surface area (Å²) in [6, 6.07) is 7.46. The van der Waals surface area contributed by atoms with E-state index < -0.39 is 0 Å². The number of carbonyl (C=O) groups excluding carboxylic acids is 1. The second kappa shape index (κ2) is 5.73. The van der Waals surface area contributed by atoms with Crippen molar-refractivity contribution in [3.8, 4) is 0 Å². The first-order chi connectivity index (χ1) is 7.13. The second-order valence-electron chi connectivity index (χ2n) is 3.37. The van der Waals surface area contributed by atoms with E-state index in [-0.39, 0.29) is 11.9 Å². The van der Waals surface area contributed by atoms with Gasteiger partial charge in [0.1, 0.15) is 0 Å².